The molecule has 0 aliphatic heterocycles. The van der Waals surface area contributed by atoms with E-state index in [2.05, 4.69) is 10.5 Å². The fourth-order valence-electron chi connectivity index (χ4n) is 1.53. The smallest absolute Gasteiger partial charge is 0.263 e. The zero-order valence-electron chi connectivity index (χ0n) is 10.4. The van der Waals surface area contributed by atoms with Crippen molar-refractivity contribution >= 4 is 40.8 Å². The number of benzene rings is 2. The van der Waals surface area contributed by atoms with Crippen LogP contribution in [0.25, 0.3) is 0 Å². The van der Waals surface area contributed by atoms with Gasteiger partial charge in [0.15, 0.2) is 0 Å². The Labute approximate surface area is 129 Å². The summed E-state index contributed by atoms with van der Waals surface area (Å²) in [6.45, 7) is 0. The van der Waals surface area contributed by atoms with Crippen LogP contribution < -0.4 is 10.5 Å². The molecule has 0 spiro atoms. The van der Waals surface area contributed by atoms with Gasteiger partial charge in [-0.3, -0.25) is 15.5 Å². The lowest BCUT2D eigenvalue weighted by Crippen LogP contribution is -2.02. The molecule has 2 aromatic rings. The maximum absolute atomic E-state index is 11.8. The third kappa shape index (κ3) is 3.84. The van der Waals surface area contributed by atoms with Gasteiger partial charge < -0.3 is 5.11 Å². The van der Waals surface area contributed by atoms with E-state index < -0.39 is 16.4 Å². The predicted octanol–water partition coefficient (Wildman–Crippen LogP) is 3.42. The molecule has 1 N–H and O–H groups in total. The molecule has 0 aromatic heterocycles. The van der Waals surface area contributed by atoms with E-state index in [0.717, 1.165) is 6.07 Å². The Morgan fingerprint density at radius 3 is 2.43 bits per heavy atom. The molecule has 0 saturated carbocycles. The fraction of sp³-hybridized carbons (Fsp3) is 0. The molecule has 0 radical (unpaired) electrons. The molecule has 0 heterocycles. The summed E-state index contributed by atoms with van der Waals surface area (Å²) in [5.74, 6) is -0.744. The molecule has 0 atom stereocenters. The van der Waals surface area contributed by atoms with Gasteiger partial charge in [-0.05, 0) is 41.6 Å². The van der Waals surface area contributed by atoms with E-state index in [1.165, 1.54) is 12.3 Å². The van der Waals surface area contributed by atoms with Gasteiger partial charge in [-0.1, -0.05) is 23.2 Å². The summed E-state index contributed by atoms with van der Waals surface area (Å²) in [7, 11) is 0. The van der Waals surface area contributed by atoms with Gasteiger partial charge in [0.25, 0.3) is 5.69 Å². The van der Waals surface area contributed by atoms with Gasteiger partial charge in [0.2, 0.25) is 0 Å². The van der Waals surface area contributed by atoms with Crippen LogP contribution in [0.1, 0.15) is 5.56 Å². The highest BCUT2D eigenvalue weighted by molar-refractivity contribution is 6.31. The lowest BCUT2D eigenvalue weighted by molar-refractivity contribution is -0.398. The van der Waals surface area contributed by atoms with Crippen molar-refractivity contribution in [3.05, 3.63) is 62.1 Å². The third-order valence-corrected chi connectivity index (χ3v) is 2.97. The van der Waals surface area contributed by atoms with Crippen molar-refractivity contribution in [3.63, 3.8) is 0 Å². The molecule has 21 heavy (non-hydrogen) atoms. The van der Waals surface area contributed by atoms with Gasteiger partial charge in [-0.25, -0.2) is 0 Å². The van der Waals surface area contributed by atoms with Gasteiger partial charge in [0.1, 0.15) is 0 Å². The van der Waals surface area contributed by atoms with Crippen LogP contribution in [-0.2, 0) is 0 Å². The molecule has 0 unspecified atom stereocenters. The van der Waals surface area contributed by atoms with Crippen LogP contribution in [0.2, 0.25) is 10.0 Å². The number of hydrogen-bond donors (Lipinski definition) is 1. The molecule has 8 heteroatoms. The Balaban J connectivity index is 2.21. The number of anilines is 1. The highest BCUT2D eigenvalue weighted by Crippen LogP contribution is 2.30. The average molecular weight is 325 g/mol. The fourth-order valence-corrected chi connectivity index (χ4v) is 1.88. The normalized spacial score (nSPS) is 10.8. The highest BCUT2D eigenvalue weighted by atomic mass is 35.5. The Bertz CT molecular complexity index is 703. The number of rotatable bonds is 4. The second-order valence-corrected chi connectivity index (χ2v) is 4.85. The molecule has 0 fully saturated rings. The molecular weight excluding hydrogens is 317 g/mol. The number of hydrogen-bond acceptors (Lipinski definition) is 5. The summed E-state index contributed by atoms with van der Waals surface area (Å²) >= 11 is 11.5. The number of hydrazone groups is 1. The minimum atomic E-state index is -0.780. The van der Waals surface area contributed by atoms with Crippen molar-refractivity contribution in [1.82, 2.24) is 0 Å². The molecule has 108 valence electrons. The first kappa shape index (κ1) is 15.1. The molecule has 2 rings (SSSR count). The van der Waals surface area contributed by atoms with Crippen molar-refractivity contribution in [3.8, 4) is 5.75 Å². The first-order valence-corrected chi connectivity index (χ1v) is 6.42. The van der Waals surface area contributed by atoms with Crippen LogP contribution in [-0.4, -0.2) is 11.1 Å². The predicted molar refractivity (Wildman–Crippen MR) is 80.2 cm³/mol. The minimum absolute atomic E-state index is 0.0238. The van der Waals surface area contributed by atoms with Crippen molar-refractivity contribution in [2.75, 3.05) is 5.43 Å². The summed E-state index contributed by atoms with van der Waals surface area (Å²) in [5, 5.41) is 27.1. The molecule has 0 aliphatic carbocycles. The van der Waals surface area contributed by atoms with Crippen LogP contribution in [0.4, 0.5) is 11.4 Å². The number of nitrogens with zero attached hydrogens (tertiary/aromatic N) is 2. The van der Waals surface area contributed by atoms with Crippen LogP contribution in [0.3, 0.4) is 0 Å². The molecule has 0 aliphatic rings. The van der Waals surface area contributed by atoms with E-state index in [-0.39, 0.29) is 10.6 Å². The van der Waals surface area contributed by atoms with E-state index in [4.69, 9.17) is 23.2 Å². The van der Waals surface area contributed by atoms with Gasteiger partial charge in [-0.15, -0.1) is 0 Å². The zero-order valence-corrected chi connectivity index (χ0v) is 11.9. The monoisotopic (exact) mass is 324 g/mol. The summed E-state index contributed by atoms with van der Waals surface area (Å²) in [5.41, 5.74) is 2.76. The van der Waals surface area contributed by atoms with Crippen molar-refractivity contribution < 1.29 is 10.0 Å². The van der Waals surface area contributed by atoms with Crippen LogP contribution in [0.15, 0.2) is 41.5 Å². The van der Waals surface area contributed by atoms with Crippen LogP contribution in [0, 0.1) is 10.1 Å². The molecular formula is C13H8Cl2N3O3-. The standard InChI is InChI=1S/C13H9Cl2N3O3/c14-9-1-3-11(4-2-9)17-16-7-8-5-10(15)6-12(13(8)19)18(20)21/h1-7,17,19H/p-1/b16-7-. The van der Waals surface area contributed by atoms with Crippen LogP contribution >= 0.6 is 23.2 Å². The molecule has 0 amide bonds. The minimum Gasteiger partial charge on any atom is -0.867 e. The van der Waals surface area contributed by atoms with E-state index in [0.29, 0.717) is 10.7 Å². The van der Waals surface area contributed by atoms with Gasteiger partial charge >= 0.3 is 0 Å². The quantitative estimate of drug-likeness (QED) is 0.530. The number of nitro groups is 1. The molecule has 2 aromatic carbocycles. The molecule has 6 nitrogen and oxygen atoms in total. The van der Waals surface area contributed by atoms with Gasteiger partial charge in [-0.2, -0.15) is 5.10 Å². The van der Waals surface area contributed by atoms with Crippen LogP contribution in [0.5, 0.6) is 5.75 Å². The highest BCUT2D eigenvalue weighted by Gasteiger charge is 2.11. The number of nitrogens with one attached hydrogen (secondary N) is 1. The molecule has 0 saturated heterocycles. The molecule has 0 bridgehead atoms. The van der Waals surface area contributed by atoms with Crippen molar-refractivity contribution in [2.45, 2.75) is 0 Å². The second kappa shape index (κ2) is 6.43. The lowest BCUT2D eigenvalue weighted by atomic mass is 10.2. The Kier molecular flexibility index (Phi) is 4.62. The lowest BCUT2D eigenvalue weighted by Gasteiger charge is -2.10. The summed E-state index contributed by atoms with van der Waals surface area (Å²) in [6.07, 6.45) is 1.18. The van der Waals surface area contributed by atoms with Gasteiger partial charge in [0, 0.05) is 16.1 Å². The van der Waals surface area contributed by atoms with Crippen molar-refractivity contribution in [1.29, 1.82) is 0 Å². The van der Waals surface area contributed by atoms with Crippen molar-refractivity contribution in [2.24, 2.45) is 5.10 Å². The summed E-state index contributed by atoms with van der Waals surface area (Å²) in [6, 6.07) is 9.04. The average Bonchev–Trinajstić information content (AvgIpc) is 2.44. The maximum atomic E-state index is 11.8. The Hall–Kier alpha value is -2.31. The van der Waals surface area contributed by atoms with Gasteiger partial charge in [0.05, 0.1) is 16.8 Å². The number of nitro benzene ring substituents is 1. The summed E-state index contributed by atoms with van der Waals surface area (Å²) < 4.78 is 0. The zero-order chi connectivity index (χ0) is 15.4. The van der Waals surface area contributed by atoms with E-state index in [9.17, 15) is 15.2 Å². The topological polar surface area (TPSA) is 90.6 Å². The first-order valence-electron chi connectivity index (χ1n) is 5.67. The van der Waals surface area contributed by atoms with E-state index in [1.54, 1.807) is 24.3 Å². The van der Waals surface area contributed by atoms with E-state index in [1.807, 2.05) is 0 Å². The SMILES string of the molecule is O=[N+]([O-])c1cc(Cl)cc(/C=N\Nc2ccc(Cl)cc2)c1[O-]. The Morgan fingerprint density at radius 1 is 1.14 bits per heavy atom. The first-order chi connectivity index (χ1) is 9.97. The third-order valence-electron chi connectivity index (χ3n) is 2.50. The summed E-state index contributed by atoms with van der Waals surface area (Å²) in [4.78, 5) is 9.95. The second-order valence-electron chi connectivity index (χ2n) is 3.98. The number of halogens is 2. The Morgan fingerprint density at radius 2 is 1.81 bits per heavy atom. The van der Waals surface area contributed by atoms with E-state index >= 15 is 0 Å². The largest absolute Gasteiger partial charge is 0.867 e. The maximum Gasteiger partial charge on any atom is 0.263 e.